The van der Waals surface area contributed by atoms with Crippen molar-refractivity contribution >= 4 is 28.7 Å². The molecule has 0 aliphatic heterocycles. The molecule has 122 valence electrons. The molecule has 1 aromatic heterocycles. The van der Waals surface area contributed by atoms with E-state index in [0.29, 0.717) is 5.82 Å². The quantitative estimate of drug-likeness (QED) is 0.671. The second-order valence-corrected chi connectivity index (χ2v) is 5.22. The van der Waals surface area contributed by atoms with Gasteiger partial charge in [0.15, 0.2) is 11.6 Å². The van der Waals surface area contributed by atoms with Gasteiger partial charge in [-0.3, -0.25) is 0 Å². The van der Waals surface area contributed by atoms with Crippen LogP contribution in [0.2, 0.25) is 0 Å². The number of hydrogen-bond acceptors (Lipinski definition) is 5. The lowest BCUT2D eigenvalue weighted by atomic mass is 10.2. The smallest absolute Gasteiger partial charge is 0.159 e. The number of halogens is 2. The van der Waals surface area contributed by atoms with Gasteiger partial charge in [0.25, 0.3) is 0 Å². The Bertz CT molecular complexity index is 865. The van der Waals surface area contributed by atoms with Crippen LogP contribution in [0.5, 0.6) is 0 Å². The zero-order valence-electron chi connectivity index (χ0n) is 12.8. The lowest BCUT2D eigenvalue weighted by Crippen LogP contribution is -2.06. The predicted molar refractivity (Wildman–Crippen MR) is 90.5 cm³/mol. The van der Waals surface area contributed by atoms with Gasteiger partial charge in [0.05, 0.1) is 5.69 Å². The van der Waals surface area contributed by atoms with Crippen LogP contribution < -0.4 is 16.4 Å². The first kappa shape index (κ1) is 15.7. The number of nitrogens with two attached hydrogens (primary N) is 1. The highest BCUT2D eigenvalue weighted by molar-refractivity contribution is 5.80. The minimum absolute atomic E-state index is 0.0723. The molecule has 2 aromatic carbocycles. The Labute approximate surface area is 137 Å². The average Bonchev–Trinajstić information content (AvgIpc) is 2.55. The first-order valence-corrected chi connectivity index (χ1v) is 7.19. The molecular weight excluding hydrogens is 312 g/mol. The number of hydrogen-bond donors (Lipinski definition) is 3. The van der Waals surface area contributed by atoms with Crippen LogP contribution in [0.25, 0.3) is 0 Å². The molecule has 0 bridgehead atoms. The first-order chi connectivity index (χ1) is 11.5. The molecule has 4 N–H and O–H groups in total. The van der Waals surface area contributed by atoms with E-state index in [-0.39, 0.29) is 17.2 Å². The SMILES string of the molecule is Cc1ccc(Nc2ncnc(Nc3ccc(F)cc3F)c2N)cc1. The monoisotopic (exact) mass is 327 g/mol. The molecule has 3 aromatic rings. The highest BCUT2D eigenvalue weighted by atomic mass is 19.1. The predicted octanol–water partition coefficient (Wildman–Crippen LogP) is 4.13. The van der Waals surface area contributed by atoms with Gasteiger partial charge in [-0.2, -0.15) is 0 Å². The Kier molecular flexibility index (Phi) is 4.24. The maximum Gasteiger partial charge on any atom is 0.159 e. The van der Waals surface area contributed by atoms with Crippen molar-refractivity contribution < 1.29 is 8.78 Å². The summed E-state index contributed by atoms with van der Waals surface area (Å²) in [5, 5.41) is 5.82. The van der Waals surface area contributed by atoms with Gasteiger partial charge in [-0.15, -0.1) is 0 Å². The molecule has 1 heterocycles. The van der Waals surface area contributed by atoms with Crippen LogP contribution in [0.15, 0.2) is 48.8 Å². The van der Waals surface area contributed by atoms with Gasteiger partial charge < -0.3 is 16.4 Å². The summed E-state index contributed by atoms with van der Waals surface area (Å²) in [6.07, 6.45) is 1.30. The Balaban J connectivity index is 1.86. The van der Waals surface area contributed by atoms with E-state index in [9.17, 15) is 8.78 Å². The summed E-state index contributed by atoms with van der Waals surface area (Å²) in [5.74, 6) is -0.777. The van der Waals surface area contributed by atoms with Crippen molar-refractivity contribution in [3.05, 3.63) is 66.0 Å². The minimum atomic E-state index is -0.735. The summed E-state index contributed by atoms with van der Waals surface area (Å²) in [5.41, 5.74) is 8.28. The Morgan fingerprint density at radius 2 is 1.58 bits per heavy atom. The molecule has 7 heteroatoms. The summed E-state index contributed by atoms with van der Waals surface area (Å²) >= 11 is 0. The van der Waals surface area contributed by atoms with Crippen LogP contribution in [0.3, 0.4) is 0 Å². The van der Waals surface area contributed by atoms with E-state index in [1.54, 1.807) is 0 Å². The number of anilines is 5. The molecule has 0 aliphatic rings. The number of aryl methyl sites for hydroxylation is 1. The Morgan fingerprint density at radius 3 is 2.25 bits per heavy atom. The molecule has 0 saturated heterocycles. The minimum Gasteiger partial charge on any atom is -0.393 e. The van der Waals surface area contributed by atoms with Crippen molar-refractivity contribution in [1.29, 1.82) is 0 Å². The number of benzene rings is 2. The van der Waals surface area contributed by atoms with Gasteiger partial charge in [0.1, 0.15) is 23.6 Å². The summed E-state index contributed by atoms with van der Waals surface area (Å²) < 4.78 is 26.7. The zero-order valence-corrected chi connectivity index (χ0v) is 12.8. The zero-order chi connectivity index (χ0) is 17.1. The third kappa shape index (κ3) is 3.40. The average molecular weight is 327 g/mol. The highest BCUT2D eigenvalue weighted by Gasteiger charge is 2.11. The van der Waals surface area contributed by atoms with Gasteiger partial charge in [-0.1, -0.05) is 17.7 Å². The fraction of sp³-hybridized carbons (Fsp3) is 0.0588. The number of nitrogens with one attached hydrogen (secondary N) is 2. The topological polar surface area (TPSA) is 75.9 Å². The number of nitrogens with zero attached hydrogens (tertiary/aromatic N) is 2. The van der Waals surface area contributed by atoms with Crippen LogP contribution in [-0.4, -0.2) is 9.97 Å². The fourth-order valence-corrected chi connectivity index (χ4v) is 2.09. The lowest BCUT2D eigenvalue weighted by molar-refractivity contribution is 0.586. The molecule has 0 spiro atoms. The molecule has 0 radical (unpaired) electrons. The largest absolute Gasteiger partial charge is 0.393 e. The standard InChI is InChI=1S/C17H15F2N5/c1-10-2-5-12(6-3-10)23-16-15(20)17(22-9-21-16)24-14-7-4-11(18)8-13(14)19/h2-9H,20H2,1H3,(H2,21,22,23,24). The van der Waals surface area contributed by atoms with E-state index in [1.165, 1.54) is 12.4 Å². The van der Waals surface area contributed by atoms with Crippen LogP contribution in [0.1, 0.15) is 5.56 Å². The fourth-order valence-electron chi connectivity index (χ4n) is 2.09. The van der Waals surface area contributed by atoms with Crippen molar-refractivity contribution in [2.75, 3.05) is 16.4 Å². The van der Waals surface area contributed by atoms with Gasteiger partial charge >= 0.3 is 0 Å². The van der Waals surface area contributed by atoms with Crippen LogP contribution in [0, 0.1) is 18.6 Å². The summed E-state index contributed by atoms with van der Waals surface area (Å²) in [6, 6.07) is 10.9. The molecule has 0 amide bonds. The molecular formula is C17H15F2N5. The molecule has 0 fully saturated rings. The summed E-state index contributed by atoms with van der Waals surface area (Å²) in [6.45, 7) is 1.99. The maximum atomic E-state index is 13.8. The molecule has 24 heavy (non-hydrogen) atoms. The van der Waals surface area contributed by atoms with Crippen molar-refractivity contribution in [1.82, 2.24) is 9.97 Å². The lowest BCUT2D eigenvalue weighted by Gasteiger charge is -2.13. The highest BCUT2D eigenvalue weighted by Crippen LogP contribution is 2.29. The molecule has 0 saturated carbocycles. The van der Waals surface area contributed by atoms with E-state index in [1.807, 2.05) is 31.2 Å². The first-order valence-electron chi connectivity index (χ1n) is 7.19. The second kappa shape index (κ2) is 6.49. The van der Waals surface area contributed by atoms with E-state index < -0.39 is 11.6 Å². The maximum absolute atomic E-state index is 13.8. The van der Waals surface area contributed by atoms with Crippen LogP contribution >= 0.6 is 0 Å². The molecule has 5 nitrogen and oxygen atoms in total. The van der Waals surface area contributed by atoms with E-state index >= 15 is 0 Å². The third-order valence-corrected chi connectivity index (χ3v) is 3.38. The van der Waals surface area contributed by atoms with E-state index in [2.05, 4.69) is 20.6 Å². The van der Waals surface area contributed by atoms with Crippen molar-refractivity contribution in [2.45, 2.75) is 6.92 Å². The van der Waals surface area contributed by atoms with Crippen molar-refractivity contribution in [2.24, 2.45) is 0 Å². The van der Waals surface area contributed by atoms with E-state index in [4.69, 9.17) is 5.73 Å². The normalized spacial score (nSPS) is 10.5. The van der Waals surface area contributed by atoms with Crippen molar-refractivity contribution in [3.63, 3.8) is 0 Å². The van der Waals surface area contributed by atoms with Gasteiger partial charge in [-0.25, -0.2) is 18.7 Å². The molecule has 0 atom stereocenters. The van der Waals surface area contributed by atoms with Crippen molar-refractivity contribution in [3.8, 4) is 0 Å². The number of rotatable bonds is 4. The third-order valence-electron chi connectivity index (χ3n) is 3.38. The van der Waals surface area contributed by atoms with Gasteiger partial charge in [-0.05, 0) is 31.2 Å². The molecule has 3 rings (SSSR count). The number of aromatic nitrogens is 2. The van der Waals surface area contributed by atoms with E-state index in [0.717, 1.165) is 23.4 Å². The Hall–Kier alpha value is -3.22. The Morgan fingerprint density at radius 1 is 0.917 bits per heavy atom. The summed E-state index contributed by atoms with van der Waals surface area (Å²) in [4.78, 5) is 8.10. The molecule has 0 unspecified atom stereocenters. The second-order valence-electron chi connectivity index (χ2n) is 5.22. The van der Waals surface area contributed by atoms with Crippen LogP contribution in [-0.2, 0) is 0 Å². The molecule has 0 aliphatic carbocycles. The van der Waals surface area contributed by atoms with Crippen LogP contribution in [0.4, 0.5) is 37.5 Å². The van der Waals surface area contributed by atoms with Gasteiger partial charge in [0.2, 0.25) is 0 Å². The van der Waals surface area contributed by atoms with Gasteiger partial charge in [0, 0.05) is 11.8 Å². The summed E-state index contributed by atoms with van der Waals surface area (Å²) in [7, 11) is 0. The number of nitrogen functional groups attached to an aromatic ring is 1.